The number of benzene rings is 3. The zero-order valence-electron chi connectivity index (χ0n) is 26.3. The van der Waals surface area contributed by atoms with Crippen LogP contribution in [0, 0.1) is 26.7 Å². The van der Waals surface area contributed by atoms with E-state index in [1.807, 2.05) is 18.2 Å². The standard InChI is InChI=1S/C38H38N4O2/c1-23-18-28(42-27(5)38(26(4)40-42)37-24(2)10-9-11-25(37)3)20-31(19-23)44-30-14-15-33-32-12-7-8-13-34(32)41(35(33)21-30)36-22-29(43-6)16-17-39-36/h7-8,10,12-22,25,37H,9,11H2,1-6H3/t25-,37?/m0/s1. The van der Waals surface area contributed by atoms with E-state index in [9.17, 15) is 0 Å². The lowest BCUT2D eigenvalue weighted by molar-refractivity contribution is 0.414. The molecule has 0 bridgehead atoms. The summed E-state index contributed by atoms with van der Waals surface area (Å²) >= 11 is 0. The second kappa shape index (κ2) is 11.0. The van der Waals surface area contributed by atoms with Gasteiger partial charge in [-0.1, -0.05) is 36.8 Å². The summed E-state index contributed by atoms with van der Waals surface area (Å²) in [5.41, 5.74) is 9.34. The summed E-state index contributed by atoms with van der Waals surface area (Å²) < 4.78 is 16.4. The average molecular weight is 583 g/mol. The van der Waals surface area contributed by atoms with E-state index in [2.05, 4.69) is 110 Å². The summed E-state index contributed by atoms with van der Waals surface area (Å²) in [6, 6.07) is 24.8. The van der Waals surface area contributed by atoms with Crippen LogP contribution in [0.2, 0.25) is 0 Å². The first-order valence-corrected chi connectivity index (χ1v) is 15.4. The van der Waals surface area contributed by atoms with E-state index >= 15 is 0 Å². The number of rotatable bonds is 6. The molecule has 0 radical (unpaired) electrons. The Labute approximate surface area is 258 Å². The third-order valence-corrected chi connectivity index (χ3v) is 9.15. The average Bonchev–Trinajstić information content (AvgIpc) is 3.50. The van der Waals surface area contributed by atoms with Gasteiger partial charge in [0.15, 0.2) is 0 Å². The first-order valence-electron chi connectivity index (χ1n) is 15.4. The van der Waals surface area contributed by atoms with Gasteiger partial charge in [-0.05, 0) is 88.4 Å². The molecule has 0 N–H and O–H groups in total. The van der Waals surface area contributed by atoms with Crippen LogP contribution in [0.15, 0.2) is 90.6 Å². The van der Waals surface area contributed by atoms with Crippen molar-refractivity contribution in [2.45, 2.75) is 53.4 Å². The molecule has 3 heterocycles. The smallest absolute Gasteiger partial charge is 0.141 e. The highest BCUT2D eigenvalue weighted by Crippen LogP contribution is 2.42. The molecule has 0 fully saturated rings. The van der Waals surface area contributed by atoms with Gasteiger partial charge in [0.05, 0.1) is 29.5 Å². The lowest BCUT2D eigenvalue weighted by atomic mass is 9.75. The van der Waals surface area contributed by atoms with E-state index in [1.165, 1.54) is 23.3 Å². The molecule has 0 aliphatic heterocycles. The Kier molecular flexibility index (Phi) is 7.00. The summed E-state index contributed by atoms with van der Waals surface area (Å²) in [5, 5.41) is 7.35. The number of allylic oxidation sites excluding steroid dienone is 2. The Morgan fingerprint density at radius 2 is 1.64 bits per heavy atom. The van der Waals surface area contributed by atoms with E-state index in [1.54, 1.807) is 13.3 Å². The van der Waals surface area contributed by atoms with Crippen molar-refractivity contribution in [1.29, 1.82) is 0 Å². The number of para-hydroxylation sites is 1. The maximum Gasteiger partial charge on any atom is 0.141 e. The van der Waals surface area contributed by atoms with Crippen molar-refractivity contribution >= 4 is 21.8 Å². The molecule has 7 rings (SSSR count). The molecule has 44 heavy (non-hydrogen) atoms. The molecule has 0 saturated heterocycles. The third kappa shape index (κ3) is 4.75. The topological polar surface area (TPSA) is 54.1 Å². The SMILES string of the molecule is COc1ccnc(-n2c3ccccc3c3ccc(Oc4cc(C)cc(-n5nc(C)c(C6C(C)=CCC[C@@H]6C)c5C)c4)cc32)c1. The van der Waals surface area contributed by atoms with Crippen molar-refractivity contribution in [2.75, 3.05) is 7.11 Å². The predicted octanol–water partition coefficient (Wildman–Crippen LogP) is 9.55. The fraction of sp³-hybridized carbons (Fsp3) is 0.263. The van der Waals surface area contributed by atoms with Crippen molar-refractivity contribution in [3.8, 4) is 28.8 Å². The largest absolute Gasteiger partial charge is 0.497 e. The van der Waals surface area contributed by atoms with Crippen LogP contribution in [0.5, 0.6) is 17.2 Å². The molecular formula is C38H38N4O2. The van der Waals surface area contributed by atoms with Crippen molar-refractivity contribution in [2.24, 2.45) is 5.92 Å². The molecule has 0 saturated carbocycles. The number of aryl methyl sites for hydroxylation is 2. The van der Waals surface area contributed by atoms with Gasteiger partial charge in [-0.15, -0.1) is 0 Å². The number of methoxy groups -OCH3 is 1. The Hall–Kier alpha value is -4.84. The lowest BCUT2D eigenvalue weighted by Crippen LogP contribution is -2.16. The lowest BCUT2D eigenvalue weighted by Gasteiger charge is -2.29. The summed E-state index contributed by atoms with van der Waals surface area (Å²) in [5.74, 6) is 4.10. The van der Waals surface area contributed by atoms with E-state index in [-0.39, 0.29) is 0 Å². The van der Waals surface area contributed by atoms with Gasteiger partial charge in [-0.3, -0.25) is 4.57 Å². The number of hydrogen-bond donors (Lipinski definition) is 0. The molecule has 3 aromatic heterocycles. The molecular weight excluding hydrogens is 544 g/mol. The van der Waals surface area contributed by atoms with Gasteiger partial charge in [-0.2, -0.15) is 5.10 Å². The van der Waals surface area contributed by atoms with Gasteiger partial charge >= 0.3 is 0 Å². The van der Waals surface area contributed by atoms with Gasteiger partial charge in [0.25, 0.3) is 0 Å². The summed E-state index contributed by atoms with van der Waals surface area (Å²) in [6.07, 6.45) is 6.56. The highest BCUT2D eigenvalue weighted by Gasteiger charge is 2.29. The fourth-order valence-electron chi connectivity index (χ4n) is 7.14. The number of aromatic nitrogens is 4. The second-order valence-corrected chi connectivity index (χ2v) is 12.2. The number of fused-ring (bicyclic) bond motifs is 3. The molecule has 3 aromatic carbocycles. The van der Waals surface area contributed by atoms with Crippen molar-refractivity contribution in [1.82, 2.24) is 19.3 Å². The molecule has 0 spiro atoms. The quantitative estimate of drug-likeness (QED) is 0.184. The highest BCUT2D eigenvalue weighted by molar-refractivity contribution is 6.09. The maximum atomic E-state index is 6.58. The predicted molar refractivity (Wildman–Crippen MR) is 178 cm³/mol. The van der Waals surface area contributed by atoms with Gasteiger partial charge in [0.1, 0.15) is 23.1 Å². The zero-order chi connectivity index (χ0) is 30.5. The van der Waals surface area contributed by atoms with E-state index in [4.69, 9.17) is 14.6 Å². The Morgan fingerprint density at radius 1 is 0.818 bits per heavy atom. The van der Waals surface area contributed by atoms with Crippen LogP contribution in [0.1, 0.15) is 55.1 Å². The summed E-state index contributed by atoms with van der Waals surface area (Å²) in [7, 11) is 1.68. The van der Waals surface area contributed by atoms with Crippen molar-refractivity contribution in [3.63, 3.8) is 0 Å². The Morgan fingerprint density at radius 3 is 2.45 bits per heavy atom. The number of hydrogen-bond acceptors (Lipinski definition) is 4. The number of nitrogens with zero attached hydrogens (tertiary/aromatic N) is 4. The number of ether oxygens (including phenoxy) is 2. The monoisotopic (exact) mass is 582 g/mol. The molecule has 1 aliphatic carbocycles. The van der Waals surface area contributed by atoms with Crippen LogP contribution in [0.4, 0.5) is 0 Å². The van der Waals surface area contributed by atoms with Crippen LogP contribution < -0.4 is 9.47 Å². The molecule has 6 aromatic rings. The number of pyridine rings is 1. The first-order chi connectivity index (χ1) is 21.3. The third-order valence-electron chi connectivity index (χ3n) is 9.15. The molecule has 6 heteroatoms. The van der Waals surface area contributed by atoms with E-state index in [0.29, 0.717) is 11.8 Å². The zero-order valence-corrected chi connectivity index (χ0v) is 26.3. The molecule has 1 aliphatic rings. The minimum atomic E-state index is 0.413. The van der Waals surface area contributed by atoms with Gasteiger partial charge < -0.3 is 9.47 Å². The summed E-state index contributed by atoms with van der Waals surface area (Å²) in [4.78, 5) is 4.69. The first kappa shape index (κ1) is 28.0. The summed E-state index contributed by atoms with van der Waals surface area (Å²) in [6.45, 7) is 11.1. The van der Waals surface area contributed by atoms with E-state index in [0.717, 1.165) is 68.2 Å². The normalized spacial score (nSPS) is 16.8. The second-order valence-electron chi connectivity index (χ2n) is 12.2. The molecule has 6 nitrogen and oxygen atoms in total. The maximum absolute atomic E-state index is 6.58. The molecule has 2 atom stereocenters. The van der Waals surface area contributed by atoms with Crippen LogP contribution >= 0.6 is 0 Å². The van der Waals surface area contributed by atoms with Gasteiger partial charge in [0, 0.05) is 52.3 Å². The molecule has 0 amide bonds. The minimum absolute atomic E-state index is 0.413. The minimum Gasteiger partial charge on any atom is -0.497 e. The van der Waals surface area contributed by atoms with Gasteiger partial charge in [0.2, 0.25) is 0 Å². The molecule has 222 valence electrons. The van der Waals surface area contributed by atoms with Crippen LogP contribution in [0.25, 0.3) is 33.3 Å². The highest BCUT2D eigenvalue weighted by atomic mass is 16.5. The van der Waals surface area contributed by atoms with Crippen molar-refractivity contribution in [3.05, 3.63) is 113 Å². The van der Waals surface area contributed by atoms with E-state index < -0.39 is 0 Å². The van der Waals surface area contributed by atoms with Crippen LogP contribution in [-0.4, -0.2) is 26.4 Å². The van der Waals surface area contributed by atoms with Crippen LogP contribution in [0.3, 0.4) is 0 Å². The van der Waals surface area contributed by atoms with Crippen LogP contribution in [-0.2, 0) is 0 Å². The van der Waals surface area contributed by atoms with Crippen molar-refractivity contribution < 1.29 is 9.47 Å². The fourth-order valence-corrected chi connectivity index (χ4v) is 7.14. The van der Waals surface area contributed by atoms with Gasteiger partial charge in [-0.25, -0.2) is 9.67 Å². The Balaban J connectivity index is 1.29. The molecule has 1 unspecified atom stereocenters. The Bertz CT molecular complexity index is 2070.